The molecule has 1 atom stereocenters. The van der Waals surface area contributed by atoms with E-state index >= 15 is 0 Å². The number of hydrogen-bond donors (Lipinski definition) is 1. The average molecular weight is 592 g/mol. The summed E-state index contributed by atoms with van der Waals surface area (Å²) in [5, 5.41) is 6.09. The van der Waals surface area contributed by atoms with E-state index in [4.69, 9.17) is 30.1 Å². The highest BCUT2D eigenvalue weighted by Gasteiger charge is 2.18. The first kappa shape index (κ1) is 30.1. The van der Waals surface area contributed by atoms with Crippen LogP contribution < -0.4 is 19.5 Å². The Morgan fingerprint density at radius 1 is 0.886 bits per heavy atom. The molecule has 0 fully saturated rings. The highest BCUT2D eigenvalue weighted by Crippen LogP contribution is 2.35. The molecule has 44 heavy (non-hydrogen) atoms. The van der Waals surface area contributed by atoms with Crippen LogP contribution in [0.25, 0.3) is 21.7 Å². The Morgan fingerprint density at radius 2 is 1.66 bits per heavy atom. The molecule has 9 nitrogen and oxygen atoms in total. The first-order valence-electron chi connectivity index (χ1n) is 14.1. The fourth-order valence-corrected chi connectivity index (χ4v) is 4.64. The summed E-state index contributed by atoms with van der Waals surface area (Å²) < 4.78 is 28.0. The Morgan fingerprint density at radius 3 is 2.45 bits per heavy atom. The summed E-state index contributed by atoms with van der Waals surface area (Å²) in [6.45, 7) is 2.71. The number of fused-ring (bicyclic) bond motifs is 2. The maximum absolute atomic E-state index is 12.9. The van der Waals surface area contributed by atoms with Crippen molar-refractivity contribution in [3.8, 4) is 29.6 Å². The quantitative estimate of drug-likeness (QED) is 0.0965. The molecule has 1 N–H and O–H groups in total. The third-order valence-corrected chi connectivity index (χ3v) is 7.05. The zero-order valence-corrected chi connectivity index (χ0v) is 24.8. The van der Waals surface area contributed by atoms with Gasteiger partial charge >= 0.3 is 5.97 Å². The largest absolute Gasteiger partial charge is 0.497 e. The molecule has 0 aliphatic carbocycles. The second-order valence-corrected chi connectivity index (χ2v) is 9.94. The van der Waals surface area contributed by atoms with Crippen LogP contribution in [0.5, 0.6) is 17.2 Å². The van der Waals surface area contributed by atoms with Gasteiger partial charge in [-0.25, -0.2) is 9.97 Å². The van der Waals surface area contributed by atoms with Gasteiger partial charge in [0.15, 0.2) is 11.5 Å². The molecule has 0 saturated carbocycles. The number of nitrogens with one attached hydrogen (secondary N) is 1. The van der Waals surface area contributed by atoms with Crippen LogP contribution in [-0.4, -0.2) is 56.6 Å². The van der Waals surface area contributed by atoms with Crippen LogP contribution in [0, 0.1) is 12.3 Å². The number of methoxy groups -OCH3 is 2. The maximum atomic E-state index is 12.9. The van der Waals surface area contributed by atoms with Gasteiger partial charge in [0, 0.05) is 29.8 Å². The van der Waals surface area contributed by atoms with Gasteiger partial charge in [-0.3, -0.25) is 4.79 Å². The Labute approximate surface area is 256 Å². The Balaban J connectivity index is 1.26. The Bertz CT molecular complexity index is 1820. The van der Waals surface area contributed by atoms with Crippen molar-refractivity contribution in [3.63, 3.8) is 0 Å². The second kappa shape index (κ2) is 14.2. The minimum Gasteiger partial charge on any atom is -0.497 e. The second-order valence-electron chi connectivity index (χ2n) is 9.94. The number of esters is 1. The molecule has 5 rings (SSSR count). The van der Waals surface area contributed by atoms with Crippen LogP contribution in [0.1, 0.15) is 24.0 Å². The minimum atomic E-state index is -0.445. The molecule has 1 aromatic heterocycles. The van der Waals surface area contributed by atoms with E-state index in [1.807, 2.05) is 73.7 Å². The zero-order valence-electron chi connectivity index (χ0n) is 24.8. The van der Waals surface area contributed by atoms with Crippen LogP contribution >= 0.6 is 0 Å². The van der Waals surface area contributed by atoms with Crippen molar-refractivity contribution >= 4 is 39.1 Å². The molecular weight excluding hydrogens is 558 g/mol. The lowest BCUT2D eigenvalue weighted by Gasteiger charge is -2.16. The summed E-state index contributed by atoms with van der Waals surface area (Å²) in [4.78, 5) is 21.7. The van der Waals surface area contributed by atoms with E-state index in [-0.39, 0.29) is 19.2 Å². The summed E-state index contributed by atoms with van der Waals surface area (Å²) >= 11 is 0. The number of aromatic nitrogens is 2. The fourth-order valence-electron chi connectivity index (χ4n) is 4.64. The molecule has 0 aliphatic rings. The molecule has 1 heterocycles. The first-order valence-corrected chi connectivity index (χ1v) is 14.1. The number of carbonyl (C=O) groups is 1. The molecule has 224 valence electrons. The smallest absolute Gasteiger partial charge is 0.313 e. The summed E-state index contributed by atoms with van der Waals surface area (Å²) in [7, 11) is 3.24. The monoisotopic (exact) mass is 591 g/mol. The molecule has 0 bridgehead atoms. The lowest BCUT2D eigenvalue weighted by atomic mass is 9.98. The third-order valence-electron chi connectivity index (χ3n) is 7.05. The molecule has 0 radical (unpaired) electrons. The average Bonchev–Trinajstić information content (AvgIpc) is 3.06. The number of anilines is 2. The van der Waals surface area contributed by atoms with E-state index in [2.05, 4.69) is 21.2 Å². The predicted molar refractivity (Wildman–Crippen MR) is 170 cm³/mol. The van der Waals surface area contributed by atoms with Gasteiger partial charge in [0.05, 0.1) is 25.2 Å². The highest BCUT2D eigenvalue weighted by atomic mass is 16.6. The molecule has 0 saturated heterocycles. The van der Waals surface area contributed by atoms with Gasteiger partial charge in [0.25, 0.3) is 0 Å². The van der Waals surface area contributed by atoms with Crippen molar-refractivity contribution in [1.29, 1.82) is 0 Å². The number of terminal acetylenes is 1. The fraction of sp³-hybridized carbons (Fsp3) is 0.229. The van der Waals surface area contributed by atoms with Gasteiger partial charge < -0.3 is 29.0 Å². The van der Waals surface area contributed by atoms with Gasteiger partial charge in [-0.15, -0.1) is 6.42 Å². The van der Waals surface area contributed by atoms with Gasteiger partial charge in [0.2, 0.25) is 0 Å². The molecule has 0 amide bonds. The first-order chi connectivity index (χ1) is 21.5. The van der Waals surface area contributed by atoms with Crippen LogP contribution in [0.4, 0.5) is 11.5 Å². The Hall–Kier alpha value is -5.33. The number of hydrogen-bond acceptors (Lipinski definition) is 9. The summed E-state index contributed by atoms with van der Waals surface area (Å²) in [5.41, 5.74) is 3.06. The maximum Gasteiger partial charge on any atom is 0.313 e. The van der Waals surface area contributed by atoms with Gasteiger partial charge in [-0.2, -0.15) is 0 Å². The van der Waals surface area contributed by atoms with Gasteiger partial charge in [-0.1, -0.05) is 36.3 Å². The summed E-state index contributed by atoms with van der Waals surface area (Å²) in [5.74, 6) is 4.16. The zero-order chi connectivity index (χ0) is 30.9. The standard InChI is InChI=1S/C35H33N3O6/c1-5-24-7-6-8-28(17-24)38-34-30-20-32(42-14-13-40-3)33(21-31(30)36-22-37-34)43-15-16-44-35(39)23(2)25-9-10-27-19-29(41-4)12-11-26(27)18-25/h1,6-12,17-23H,13-16H2,2-4H3,(H,36,37,38). The van der Waals surface area contributed by atoms with Gasteiger partial charge in [-0.05, 0) is 59.7 Å². The minimum absolute atomic E-state index is 0.0611. The summed E-state index contributed by atoms with van der Waals surface area (Å²) in [6.07, 6.45) is 7.03. The highest BCUT2D eigenvalue weighted by molar-refractivity contribution is 5.93. The lowest BCUT2D eigenvalue weighted by molar-refractivity contribution is -0.145. The van der Waals surface area contributed by atoms with E-state index in [1.165, 1.54) is 6.33 Å². The number of nitrogens with zero attached hydrogens (tertiary/aromatic N) is 2. The molecule has 5 aromatic rings. The van der Waals surface area contributed by atoms with E-state index in [9.17, 15) is 4.79 Å². The number of rotatable bonds is 13. The SMILES string of the molecule is C#Cc1cccc(Nc2ncnc3cc(OCCOC(=O)C(C)c4ccc5cc(OC)ccc5c4)c(OCCOC)cc23)c1. The van der Waals surface area contributed by atoms with Crippen LogP contribution in [0.15, 0.2) is 79.1 Å². The molecule has 0 spiro atoms. The third kappa shape index (κ3) is 7.17. The van der Waals surface area contributed by atoms with E-state index in [1.54, 1.807) is 20.3 Å². The van der Waals surface area contributed by atoms with Crippen LogP contribution in [-0.2, 0) is 14.3 Å². The topological polar surface area (TPSA) is 101 Å². The molecule has 0 aliphatic heterocycles. The normalized spacial score (nSPS) is 11.5. The van der Waals surface area contributed by atoms with Crippen molar-refractivity contribution < 1.29 is 28.5 Å². The van der Waals surface area contributed by atoms with Crippen molar-refractivity contribution in [2.75, 3.05) is 46.0 Å². The predicted octanol–water partition coefficient (Wildman–Crippen LogP) is 6.27. The van der Waals surface area contributed by atoms with E-state index < -0.39 is 5.92 Å². The lowest BCUT2D eigenvalue weighted by Crippen LogP contribution is -2.17. The number of benzene rings is 4. The Kier molecular flexibility index (Phi) is 9.74. The van der Waals surface area contributed by atoms with E-state index in [0.717, 1.165) is 38.7 Å². The molecule has 9 heteroatoms. The number of carbonyl (C=O) groups excluding carboxylic acids is 1. The van der Waals surface area contributed by atoms with Crippen molar-refractivity contribution in [2.45, 2.75) is 12.8 Å². The summed E-state index contributed by atoms with van der Waals surface area (Å²) in [6, 6.07) is 22.8. The van der Waals surface area contributed by atoms with Crippen LogP contribution in [0.3, 0.4) is 0 Å². The molecule has 1 unspecified atom stereocenters. The number of ether oxygens (including phenoxy) is 5. The molecular formula is C35H33N3O6. The van der Waals surface area contributed by atoms with Crippen molar-refractivity contribution in [2.24, 2.45) is 0 Å². The molecule has 4 aromatic carbocycles. The van der Waals surface area contributed by atoms with E-state index in [0.29, 0.717) is 36.0 Å². The van der Waals surface area contributed by atoms with Crippen molar-refractivity contribution in [1.82, 2.24) is 9.97 Å². The van der Waals surface area contributed by atoms with Gasteiger partial charge in [0.1, 0.15) is 37.7 Å². The van der Waals surface area contributed by atoms with Crippen LogP contribution in [0.2, 0.25) is 0 Å². The van der Waals surface area contributed by atoms with Crippen molar-refractivity contribution in [3.05, 3.63) is 90.3 Å².